The summed E-state index contributed by atoms with van der Waals surface area (Å²) in [5.74, 6) is 2.43. The highest BCUT2D eigenvalue weighted by atomic mass is 19.1. The lowest BCUT2D eigenvalue weighted by Gasteiger charge is -2.34. The molecular weight excluding hydrogens is 429 g/mol. The molecule has 34 heavy (non-hydrogen) atoms. The number of piperidine rings is 1. The van der Waals surface area contributed by atoms with Crippen LogP contribution in [-0.4, -0.2) is 44.9 Å². The van der Waals surface area contributed by atoms with E-state index in [2.05, 4.69) is 35.2 Å². The van der Waals surface area contributed by atoms with Gasteiger partial charge in [-0.2, -0.15) is 0 Å². The molecule has 2 atom stereocenters. The van der Waals surface area contributed by atoms with Crippen molar-refractivity contribution in [3.05, 3.63) is 89.2 Å². The summed E-state index contributed by atoms with van der Waals surface area (Å²) in [6.45, 7) is 4.56. The number of hydrogen-bond donors (Lipinski definition) is 0. The van der Waals surface area contributed by atoms with E-state index in [4.69, 9.17) is 14.2 Å². The maximum atomic E-state index is 13.6. The molecule has 1 fully saturated rings. The lowest BCUT2D eigenvalue weighted by Crippen LogP contribution is -2.33. The highest BCUT2D eigenvalue weighted by molar-refractivity contribution is 5.51. The van der Waals surface area contributed by atoms with E-state index in [-0.39, 0.29) is 17.7 Å². The Hall–Kier alpha value is -3.05. The summed E-state index contributed by atoms with van der Waals surface area (Å²) in [4.78, 5) is 2.48. The molecule has 0 N–H and O–H groups in total. The second-order valence-corrected chi connectivity index (χ2v) is 9.17. The van der Waals surface area contributed by atoms with Gasteiger partial charge in [0.15, 0.2) is 0 Å². The minimum Gasteiger partial charge on any atom is -0.497 e. The molecule has 1 saturated heterocycles. The molecule has 2 aliphatic heterocycles. The highest BCUT2D eigenvalue weighted by Gasteiger charge is 2.33. The quantitative estimate of drug-likeness (QED) is 0.431. The van der Waals surface area contributed by atoms with Crippen LogP contribution in [0, 0.1) is 5.82 Å². The van der Waals surface area contributed by atoms with Crippen molar-refractivity contribution in [2.75, 3.05) is 40.0 Å². The van der Waals surface area contributed by atoms with Crippen LogP contribution in [0.1, 0.15) is 47.8 Å². The van der Waals surface area contributed by atoms with Gasteiger partial charge in [0.05, 0.1) is 13.7 Å². The Balaban J connectivity index is 1.37. The SMILES string of the molecule is COc1ccc2c(c1)OC[C@@H](c1ccc(F)cc1)[C@H]2c1ccc(OCCN2CCCCC2)cc1. The van der Waals surface area contributed by atoms with Gasteiger partial charge in [0.2, 0.25) is 0 Å². The molecule has 5 heteroatoms. The van der Waals surface area contributed by atoms with Gasteiger partial charge in [-0.1, -0.05) is 36.8 Å². The van der Waals surface area contributed by atoms with Crippen molar-refractivity contribution in [1.82, 2.24) is 4.90 Å². The topological polar surface area (TPSA) is 30.9 Å². The predicted molar refractivity (Wildman–Crippen MR) is 132 cm³/mol. The maximum absolute atomic E-state index is 13.6. The molecule has 3 aromatic rings. The van der Waals surface area contributed by atoms with E-state index in [1.807, 2.05) is 24.3 Å². The molecule has 2 aliphatic rings. The van der Waals surface area contributed by atoms with Crippen LogP contribution in [0.5, 0.6) is 17.2 Å². The number of halogens is 1. The van der Waals surface area contributed by atoms with Crippen molar-refractivity contribution in [2.24, 2.45) is 0 Å². The van der Waals surface area contributed by atoms with Crippen LogP contribution in [0.4, 0.5) is 4.39 Å². The summed E-state index contributed by atoms with van der Waals surface area (Å²) in [7, 11) is 1.66. The molecule has 3 aromatic carbocycles. The first kappa shape index (κ1) is 22.7. The van der Waals surface area contributed by atoms with E-state index in [0.717, 1.165) is 34.9 Å². The molecule has 0 bridgehead atoms. The van der Waals surface area contributed by atoms with Crippen LogP contribution in [0.3, 0.4) is 0 Å². The van der Waals surface area contributed by atoms with Gasteiger partial charge >= 0.3 is 0 Å². The van der Waals surface area contributed by atoms with Gasteiger partial charge < -0.3 is 14.2 Å². The monoisotopic (exact) mass is 461 g/mol. The molecular formula is C29H32FNO3. The van der Waals surface area contributed by atoms with Crippen molar-refractivity contribution in [1.29, 1.82) is 0 Å². The van der Waals surface area contributed by atoms with Crippen LogP contribution in [0.15, 0.2) is 66.7 Å². The Bertz CT molecular complexity index is 1080. The summed E-state index contributed by atoms with van der Waals surface area (Å²) in [6.07, 6.45) is 3.94. The Morgan fingerprint density at radius 3 is 2.32 bits per heavy atom. The maximum Gasteiger partial charge on any atom is 0.126 e. The zero-order valence-electron chi connectivity index (χ0n) is 19.7. The van der Waals surface area contributed by atoms with Gasteiger partial charge in [0.25, 0.3) is 0 Å². The molecule has 0 spiro atoms. The van der Waals surface area contributed by atoms with E-state index in [9.17, 15) is 4.39 Å². The number of rotatable bonds is 7. The third-order valence-electron chi connectivity index (χ3n) is 7.04. The lowest BCUT2D eigenvalue weighted by atomic mass is 9.76. The summed E-state index contributed by atoms with van der Waals surface area (Å²) >= 11 is 0. The fourth-order valence-electron chi connectivity index (χ4n) is 5.17. The summed E-state index contributed by atoms with van der Waals surface area (Å²) in [5, 5.41) is 0. The third kappa shape index (κ3) is 5.05. The number of likely N-dealkylation sites (tertiary alicyclic amines) is 1. The first-order valence-corrected chi connectivity index (χ1v) is 12.2. The second kappa shape index (κ2) is 10.5. The molecule has 5 rings (SSSR count). The van der Waals surface area contributed by atoms with Gasteiger partial charge in [0, 0.05) is 30.0 Å². The number of benzene rings is 3. The standard InChI is InChI=1S/C29H32FNO3/c1-32-25-13-14-26-28(19-25)34-20-27(21-5-9-23(30)10-6-21)29(26)22-7-11-24(12-8-22)33-18-17-31-15-3-2-4-16-31/h5-14,19,27,29H,2-4,15-18,20H2,1H3/t27-,29-/m0/s1. The van der Waals surface area contributed by atoms with Gasteiger partial charge in [-0.15, -0.1) is 0 Å². The normalized spacial score (nSPS) is 20.3. The molecule has 0 saturated carbocycles. The largest absolute Gasteiger partial charge is 0.497 e. The average molecular weight is 462 g/mol. The summed E-state index contributed by atoms with van der Waals surface area (Å²) in [5.41, 5.74) is 3.36. The Kier molecular flexibility index (Phi) is 7.00. The van der Waals surface area contributed by atoms with Crippen molar-refractivity contribution in [3.8, 4) is 17.2 Å². The molecule has 2 heterocycles. The summed E-state index contributed by atoms with van der Waals surface area (Å²) in [6, 6.07) is 21.2. The van der Waals surface area contributed by atoms with Crippen molar-refractivity contribution in [2.45, 2.75) is 31.1 Å². The van der Waals surface area contributed by atoms with Crippen molar-refractivity contribution >= 4 is 0 Å². The molecule has 0 aliphatic carbocycles. The van der Waals surface area contributed by atoms with E-state index in [0.29, 0.717) is 13.2 Å². The molecule has 0 radical (unpaired) electrons. The number of nitrogens with zero attached hydrogens (tertiary/aromatic N) is 1. The minimum atomic E-state index is -0.229. The van der Waals surface area contributed by atoms with E-state index < -0.39 is 0 Å². The number of fused-ring (bicyclic) bond motifs is 1. The van der Waals surface area contributed by atoms with Crippen molar-refractivity contribution < 1.29 is 18.6 Å². The third-order valence-corrected chi connectivity index (χ3v) is 7.04. The van der Waals surface area contributed by atoms with Gasteiger partial charge in [-0.3, -0.25) is 4.90 Å². The zero-order chi connectivity index (χ0) is 23.3. The fourth-order valence-corrected chi connectivity index (χ4v) is 5.17. The van der Waals surface area contributed by atoms with E-state index in [1.165, 1.54) is 50.0 Å². The van der Waals surface area contributed by atoms with Gasteiger partial charge in [-0.25, -0.2) is 4.39 Å². The van der Waals surface area contributed by atoms with Crippen molar-refractivity contribution in [3.63, 3.8) is 0 Å². The number of methoxy groups -OCH3 is 1. The first-order chi connectivity index (χ1) is 16.7. The number of ether oxygens (including phenoxy) is 3. The zero-order valence-corrected chi connectivity index (χ0v) is 19.7. The Morgan fingerprint density at radius 1 is 0.882 bits per heavy atom. The van der Waals surface area contributed by atoms with Crippen LogP contribution in [0.25, 0.3) is 0 Å². The summed E-state index contributed by atoms with van der Waals surface area (Å²) < 4.78 is 31.2. The van der Waals surface area contributed by atoms with Crippen LogP contribution in [-0.2, 0) is 0 Å². The van der Waals surface area contributed by atoms with Crippen LogP contribution >= 0.6 is 0 Å². The molecule has 0 unspecified atom stereocenters. The second-order valence-electron chi connectivity index (χ2n) is 9.17. The minimum absolute atomic E-state index is 0.0763. The van der Waals surface area contributed by atoms with Crippen LogP contribution < -0.4 is 14.2 Å². The molecule has 0 aromatic heterocycles. The number of hydrogen-bond acceptors (Lipinski definition) is 4. The Morgan fingerprint density at radius 2 is 1.59 bits per heavy atom. The smallest absolute Gasteiger partial charge is 0.126 e. The highest BCUT2D eigenvalue weighted by Crippen LogP contribution is 2.47. The van der Waals surface area contributed by atoms with Gasteiger partial charge in [0.1, 0.15) is 29.7 Å². The van der Waals surface area contributed by atoms with E-state index >= 15 is 0 Å². The lowest BCUT2D eigenvalue weighted by molar-refractivity contribution is 0.183. The van der Waals surface area contributed by atoms with Gasteiger partial charge in [-0.05, 0) is 67.4 Å². The first-order valence-electron chi connectivity index (χ1n) is 12.2. The fraction of sp³-hybridized carbons (Fsp3) is 0.379. The van der Waals surface area contributed by atoms with E-state index in [1.54, 1.807) is 7.11 Å². The van der Waals surface area contributed by atoms with Crippen LogP contribution in [0.2, 0.25) is 0 Å². The predicted octanol–water partition coefficient (Wildman–Crippen LogP) is 6.01. The molecule has 4 nitrogen and oxygen atoms in total. The Labute approximate surface area is 201 Å². The molecule has 178 valence electrons. The average Bonchev–Trinajstić information content (AvgIpc) is 2.89. The molecule has 0 amide bonds.